The monoisotopic (exact) mass is 291 g/mol. The molecule has 21 heavy (non-hydrogen) atoms. The number of hydrogen-bond donors (Lipinski definition) is 2. The summed E-state index contributed by atoms with van der Waals surface area (Å²) in [5.41, 5.74) is 0.763. The predicted octanol–water partition coefficient (Wildman–Crippen LogP) is 0.472. The Balaban J connectivity index is 2.22. The molecule has 0 bridgehead atoms. The molecule has 2 N–H and O–H groups in total. The van der Waals surface area contributed by atoms with Crippen molar-refractivity contribution in [2.24, 2.45) is 0 Å². The second-order valence-electron chi connectivity index (χ2n) is 4.79. The van der Waals surface area contributed by atoms with E-state index in [1.807, 2.05) is 6.07 Å². The lowest BCUT2D eigenvalue weighted by Crippen LogP contribution is -2.55. The Kier molecular flexibility index (Phi) is 4.50. The minimum Gasteiger partial charge on any atom is -0.481 e. The van der Waals surface area contributed by atoms with Crippen molar-refractivity contribution in [3.63, 3.8) is 0 Å². The Hall–Kier alpha value is -2.46. The van der Waals surface area contributed by atoms with E-state index in [2.05, 4.69) is 5.32 Å². The van der Waals surface area contributed by atoms with Gasteiger partial charge in [0.15, 0.2) is 0 Å². The van der Waals surface area contributed by atoms with Gasteiger partial charge in [-0.3, -0.25) is 14.5 Å². The first kappa shape index (κ1) is 14.9. The second-order valence-corrected chi connectivity index (χ2v) is 4.79. The van der Waals surface area contributed by atoms with Crippen LogP contribution in [0.3, 0.4) is 0 Å². The predicted molar refractivity (Wildman–Crippen MR) is 70.6 cm³/mol. The van der Waals surface area contributed by atoms with Crippen molar-refractivity contribution in [3.8, 4) is 6.07 Å². The Morgan fingerprint density at radius 2 is 2.33 bits per heavy atom. The number of nitrogens with zero attached hydrogens (tertiary/aromatic N) is 2. The number of nitriles is 1. The molecule has 0 spiro atoms. The molecule has 1 aromatic rings. The van der Waals surface area contributed by atoms with Crippen molar-refractivity contribution in [1.82, 2.24) is 10.2 Å². The molecule has 0 aromatic heterocycles. The lowest BCUT2D eigenvalue weighted by molar-refractivity contribution is -0.143. The molecule has 1 aliphatic rings. The van der Waals surface area contributed by atoms with Gasteiger partial charge < -0.3 is 10.4 Å². The zero-order valence-corrected chi connectivity index (χ0v) is 11.2. The van der Waals surface area contributed by atoms with Gasteiger partial charge in [0.2, 0.25) is 5.91 Å². The molecule has 0 aliphatic carbocycles. The highest BCUT2D eigenvalue weighted by Gasteiger charge is 2.31. The van der Waals surface area contributed by atoms with Gasteiger partial charge in [-0.15, -0.1) is 0 Å². The van der Waals surface area contributed by atoms with Gasteiger partial charge >= 0.3 is 5.97 Å². The zero-order chi connectivity index (χ0) is 15.4. The molecule has 1 aromatic carbocycles. The van der Waals surface area contributed by atoms with Gasteiger partial charge in [0.25, 0.3) is 0 Å². The van der Waals surface area contributed by atoms with E-state index >= 15 is 0 Å². The highest BCUT2D eigenvalue weighted by atomic mass is 19.1. The molecular formula is C14H14FN3O3. The van der Waals surface area contributed by atoms with E-state index in [0.29, 0.717) is 18.7 Å². The summed E-state index contributed by atoms with van der Waals surface area (Å²) >= 11 is 0. The molecule has 110 valence electrons. The molecule has 1 atom stereocenters. The topological polar surface area (TPSA) is 93.4 Å². The Labute approximate surface area is 120 Å². The Morgan fingerprint density at radius 1 is 1.57 bits per heavy atom. The number of amides is 1. The minimum atomic E-state index is -1.07. The third-order valence-electron chi connectivity index (χ3n) is 3.38. The van der Waals surface area contributed by atoms with Crippen molar-refractivity contribution < 1.29 is 19.1 Å². The maximum absolute atomic E-state index is 13.1. The number of hydrogen-bond acceptors (Lipinski definition) is 4. The number of halogens is 1. The molecule has 0 radical (unpaired) electrons. The fourth-order valence-electron chi connectivity index (χ4n) is 2.35. The standard InChI is InChI=1S/C14H14FN3O3/c15-11-2-1-9(10(5-11)7-16)8-18-4-3-17-14(21)12(18)6-13(19)20/h1-2,5,12H,3-4,6,8H2,(H,17,21)(H,19,20). The minimum absolute atomic E-state index is 0.190. The number of aliphatic carboxylic acids is 1. The van der Waals surface area contributed by atoms with Gasteiger partial charge in [-0.2, -0.15) is 5.26 Å². The number of rotatable bonds is 4. The summed E-state index contributed by atoms with van der Waals surface area (Å²) in [6.45, 7) is 1.12. The van der Waals surface area contributed by atoms with Crippen LogP contribution in [-0.2, 0) is 16.1 Å². The number of carboxylic acid groups (broad SMARTS) is 1. The number of carbonyl (C=O) groups excluding carboxylic acids is 1. The summed E-state index contributed by atoms with van der Waals surface area (Å²) in [5.74, 6) is -1.92. The normalized spacial score (nSPS) is 18.9. The number of piperazine rings is 1. The molecule has 1 saturated heterocycles. The smallest absolute Gasteiger partial charge is 0.305 e. The highest BCUT2D eigenvalue weighted by Crippen LogP contribution is 2.17. The highest BCUT2D eigenvalue weighted by molar-refractivity contribution is 5.86. The fraction of sp³-hybridized carbons (Fsp3) is 0.357. The molecule has 6 nitrogen and oxygen atoms in total. The Bertz CT molecular complexity index is 612. The summed E-state index contributed by atoms with van der Waals surface area (Å²) in [4.78, 5) is 24.4. The molecule has 1 fully saturated rings. The van der Waals surface area contributed by atoms with Crippen molar-refractivity contribution >= 4 is 11.9 Å². The van der Waals surface area contributed by atoms with Gasteiger partial charge in [-0.05, 0) is 17.7 Å². The van der Waals surface area contributed by atoms with Crippen molar-refractivity contribution in [2.75, 3.05) is 13.1 Å². The quantitative estimate of drug-likeness (QED) is 0.841. The van der Waals surface area contributed by atoms with E-state index in [4.69, 9.17) is 10.4 Å². The number of nitrogens with one attached hydrogen (secondary N) is 1. The van der Waals surface area contributed by atoms with Crippen LogP contribution >= 0.6 is 0 Å². The molecule has 1 aliphatic heterocycles. The first-order valence-corrected chi connectivity index (χ1v) is 6.43. The molecule has 1 unspecified atom stereocenters. The van der Waals surface area contributed by atoms with Crippen molar-refractivity contribution in [3.05, 3.63) is 35.1 Å². The summed E-state index contributed by atoms with van der Waals surface area (Å²) in [6.07, 6.45) is -0.311. The van der Waals surface area contributed by atoms with Gasteiger partial charge in [0, 0.05) is 19.6 Å². The lowest BCUT2D eigenvalue weighted by atomic mass is 10.0. The van der Waals surface area contributed by atoms with Crippen LogP contribution in [0.15, 0.2) is 18.2 Å². The zero-order valence-electron chi connectivity index (χ0n) is 11.2. The maximum atomic E-state index is 13.1. The van der Waals surface area contributed by atoms with E-state index < -0.39 is 17.8 Å². The summed E-state index contributed by atoms with van der Waals surface area (Å²) in [6, 6.07) is 4.98. The van der Waals surface area contributed by atoms with Crippen LogP contribution < -0.4 is 5.32 Å². The van der Waals surface area contributed by atoms with Gasteiger partial charge in [-0.1, -0.05) is 6.07 Å². The lowest BCUT2D eigenvalue weighted by Gasteiger charge is -2.34. The number of benzene rings is 1. The van der Waals surface area contributed by atoms with Gasteiger partial charge in [0.1, 0.15) is 11.9 Å². The average molecular weight is 291 g/mol. The van der Waals surface area contributed by atoms with Crippen LogP contribution in [0, 0.1) is 17.1 Å². The second kappa shape index (κ2) is 6.33. The number of carboxylic acids is 1. The van der Waals surface area contributed by atoms with E-state index in [1.165, 1.54) is 12.1 Å². The van der Waals surface area contributed by atoms with Crippen LogP contribution in [0.2, 0.25) is 0 Å². The SMILES string of the molecule is N#Cc1cc(F)ccc1CN1CCNC(=O)C1CC(=O)O. The van der Waals surface area contributed by atoms with Crippen LogP contribution in [-0.4, -0.2) is 41.0 Å². The van der Waals surface area contributed by atoms with Crippen LogP contribution in [0.1, 0.15) is 17.5 Å². The molecule has 1 heterocycles. The first-order chi connectivity index (χ1) is 10.0. The average Bonchev–Trinajstić information content (AvgIpc) is 2.44. The first-order valence-electron chi connectivity index (χ1n) is 6.43. The van der Waals surface area contributed by atoms with Gasteiger partial charge in [0.05, 0.1) is 18.1 Å². The Morgan fingerprint density at radius 3 is 3.00 bits per heavy atom. The van der Waals surface area contributed by atoms with E-state index in [-0.39, 0.29) is 24.4 Å². The summed E-state index contributed by atoms with van der Waals surface area (Å²) in [5, 5.41) is 20.5. The maximum Gasteiger partial charge on any atom is 0.305 e. The largest absolute Gasteiger partial charge is 0.481 e. The number of carbonyl (C=O) groups is 2. The van der Waals surface area contributed by atoms with Crippen LogP contribution in [0.25, 0.3) is 0 Å². The summed E-state index contributed by atoms with van der Waals surface area (Å²) in [7, 11) is 0. The molecule has 0 saturated carbocycles. The van der Waals surface area contributed by atoms with Crippen molar-refractivity contribution in [1.29, 1.82) is 5.26 Å². The third kappa shape index (κ3) is 3.55. The summed E-state index contributed by atoms with van der Waals surface area (Å²) < 4.78 is 13.1. The molecule has 2 rings (SSSR count). The molecule has 1 amide bonds. The van der Waals surface area contributed by atoms with Gasteiger partial charge in [-0.25, -0.2) is 4.39 Å². The fourth-order valence-corrected chi connectivity index (χ4v) is 2.35. The third-order valence-corrected chi connectivity index (χ3v) is 3.38. The van der Waals surface area contributed by atoms with E-state index in [1.54, 1.807) is 4.90 Å². The van der Waals surface area contributed by atoms with Crippen molar-refractivity contribution in [2.45, 2.75) is 19.0 Å². The van der Waals surface area contributed by atoms with E-state index in [9.17, 15) is 14.0 Å². The van der Waals surface area contributed by atoms with Crippen LogP contribution in [0.5, 0.6) is 0 Å². The molecule has 7 heteroatoms. The molecular weight excluding hydrogens is 277 g/mol. The van der Waals surface area contributed by atoms with E-state index in [0.717, 1.165) is 6.07 Å². The van der Waals surface area contributed by atoms with Crippen LogP contribution in [0.4, 0.5) is 4.39 Å².